The minimum absolute atomic E-state index is 0.0579. The Labute approximate surface area is 153 Å². The van der Waals surface area contributed by atoms with Crippen molar-refractivity contribution in [3.05, 3.63) is 66.2 Å². The van der Waals surface area contributed by atoms with Crippen LogP contribution in [0.5, 0.6) is 0 Å². The molecule has 0 aliphatic carbocycles. The van der Waals surface area contributed by atoms with Crippen molar-refractivity contribution in [2.24, 2.45) is 0 Å². The third kappa shape index (κ3) is 3.29. The topological polar surface area (TPSA) is 52.7 Å². The van der Waals surface area contributed by atoms with Gasteiger partial charge in [0, 0.05) is 25.2 Å². The lowest BCUT2D eigenvalue weighted by molar-refractivity contribution is -0.117. The van der Waals surface area contributed by atoms with E-state index in [2.05, 4.69) is 17.4 Å². The van der Waals surface area contributed by atoms with Crippen LogP contribution < -0.4 is 10.2 Å². The molecule has 2 aromatic carbocycles. The predicted molar refractivity (Wildman–Crippen MR) is 101 cm³/mol. The monoisotopic (exact) mass is 349 g/mol. The normalized spacial score (nSPS) is 22.7. The molecule has 0 spiro atoms. The quantitative estimate of drug-likeness (QED) is 0.924. The molecule has 0 aromatic heterocycles. The summed E-state index contributed by atoms with van der Waals surface area (Å²) in [6.45, 7) is 1.28. The second-order valence-corrected chi connectivity index (χ2v) is 6.95. The predicted octanol–water partition coefficient (Wildman–Crippen LogP) is 3.34. The van der Waals surface area contributed by atoms with Gasteiger partial charge in [-0.1, -0.05) is 48.5 Å². The van der Waals surface area contributed by atoms with E-state index in [-0.39, 0.29) is 24.0 Å². The summed E-state index contributed by atoms with van der Waals surface area (Å²) in [6.07, 6.45) is 2.34. The van der Waals surface area contributed by atoms with Gasteiger partial charge in [-0.15, -0.1) is 0 Å². The molecular weight excluding hydrogens is 326 g/mol. The minimum Gasteiger partial charge on any atom is -0.333 e. The minimum atomic E-state index is -0.146. The zero-order valence-electron chi connectivity index (χ0n) is 14.7. The summed E-state index contributed by atoms with van der Waals surface area (Å²) in [4.78, 5) is 28.8. The average molecular weight is 349 g/mol. The maximum atomic E-state index is 12.8. The number of nitrogens with one attached hydrogen (secondary N) is 1. The number of likely N-dealkylation sites (tertiary alicyclic amines) is 1. The van der Waals surface area contributed by atoms with E-state index < -0.39 is 0 Å². The molecule has 1 N–H and O–H groups in total. The average Bonchev–Trinajstić information content (AvgIpc) is 3.30. The van der Waals surface area contributed by atoms with Crippen LogP contribution in [-0.4, -0.2) is 36.0 Å². The highest BCUT2D eigenvalue weighted by Crippen LogP contribution is 2.32. The zero-order valence-corrected chi connectivity index (χ0v) is 14.7. The SMILES string of the molecule is O=C1C[C@H](NC(=O)N2CCC[C@H]2c2ccccc2)CN1c1ccccc1. The molecule has 134 valence electrons. The standard InChI is InChI=1S/C21H23N3O2/c25-20-14-17(15-24(20)18-10-5-2-6-11-18)22-21(26)23-13-7-12-19(23)16-8-3-1-4-9-16/h1-6,8-11,17,19H,7,12-15H2,(H,22,26)/t17-,19-/m0/s1. The van der Waals surface area contributed by atoms with E-state index in [1.54, 1.807) is 4.90 Å². The summed E-state index contributed by atoms with van der Waals surface area (Å²) in [5.41, 5.74) is 2.06. The van der Waals surface area contributed by atoms with Crippen LogP contribution in [0.1, 0.15) is 30.9 Å². The van der Waals surface area contributed by atoms with Crippen LogP contribution in [0.4, 0.5) is 10.5 Å². The second-order valence-electron chi connectivity index (χ2n) is 6.95. The van der Waals surface area contributed by atoms with E-state index in [1.807, 2.05) is 53.4 Å². The van der Waals surface area contributed by atoms with Gasteiger partial charge in [-0.3, -0.25) is 4.79 Å². The van der Waals surface area contributed by atoms with Crippen molar-refractivity contribution in [1.29, 1.82) is 0 Å². The summed E-state index contributed by atoms with van der Waals surface area (Å²) in [5.74, 6) is 0.0579. The zero-order chi connectivity index (χ0) is 17.9. The summed E-state index contributed by atoms with van der Waals surface area (Å²) in [6, 6.07) is 19.7. The Morgan fingerprint density at radius 3 is 2.42 bits per heavy atom. The van der Waals surface area contributed by atoms with Crippen molar-refractivity contribution < 1.29 is 9.59 Å². The fourth-order valence-electron chi connectivity index (χ4n) is 3.95. The maximum absolute atomic E-state index is 12.8. The molecular formula is C21H23N3O2. The summed E-state index contributed by atoms with van der Waals surface area (Å²) in [7, 11) is 0. The van der Waals surface area contributed by atoms with Gasteiger partial charge in [-0.2, -0.15) is 0 Å². The molecule has 0 unspecified atom stereocenters. The van der Waals surface area contributed by atoms with Crippen LogP contribution in [0.3, 0.4) is 0 Å². The number of hydrogen-bond donors (Lipinski definition) is 1. The van der Waals surface area contributed by atoms with E-state index >= 15 is 0 Å². The Morgan fingerprint density at radius 1 is 1.00 bits per heavy atom. The Balaban J connectivity index is 1.41. The molecule has 2 aromatic rings. The molecule has 2 aliphatic heterocycles. The molecule has 5 heteroatoms. The van der Waals surface area contributed by atoms with Gasteiger partial charge in [0.25, 0.3) is 0 Å². The lowest BCUT2D eigenvalue weighted by Crippen LogP contribution is -2.45. The van der Waals surface area contributed by atoms with Crippen LogP contribution in [-0.2, 0) is 4.79 Å². The summed E-state index contributed by atoms with van der Waals surface area (Å²) < 4.78 is 0. The molecule has 0 saturated carbocycles. The molecule has 2 atom stereocenters. The highest BCUT2D eigenvalue weighted by atomic mass is 16.2. The molecule has 0 radical (unpaired) electrons. The smallest absolute Gasteiger partial charge is 0.318 e. The first kappa shape index (κ1) is 16.6. The van der Waals surface area contributed by atoms with Crippen molar-refractivity contribution in [3.8, 4) is 0 Å². The first-order chi connectivity index (χ1) is 12.7. The number of urea groups is 1. The third-order valence-corrected chi connectivity index (χ3v) is 5.22. The fraction of sp³-hybridized carbons (Fsp3) is 0.333. The molecule has 0 bridgehead atoms. The van der Waals surface area contributed by atoms with E-state index in [1.165, 1.54) is 5.56 Å². The Hall–Kier alpha value is -2.82. The molecule has 5 nitrogen and oxygen atoms in total. The Morgan fingerprint density at radius 2 is 1.69 bits per heavy atom. The van der Waals surface area contributed by atoms with Crippen molar-refractivity contribution in [3.63, 3.8) is 0 Å². The van der Waals surface area contributed by atoms with Gasteiger partial charge in [-0.05, 0) is 30.5 Å². The van der Waals surface area contributed by atoms with Crippen molar-refractivity contribution in [2.45, 2.75) is 31.3 Å². The molecule has 2 saturated heterocycles. The maximum Gasteiger partial charge on any atom is 0.318 e. The molecule has 26 heavy (non-hydrogen) atoms. The number of rotatable bonds is 3. The van der Waals surface area contributed by atoms with E-state index in [0.717, 1.165) is 25.1 Å². The molecule has 2 heterocycles. The number of para-hydroxylation sites is 1. The number of nitrogens with zero attached hydrogens (tertiary/aromatic N) is 2. The van der Waals surface area contributed by atoms with Gasteiger partial charge in [0.1, 0.15) is 0 Å². The lowest BCUT2D eigenvalue weighted by Gasteiger charge is -2.27. The van der Waals surface area contributed by atoms with Gasteiger partial charge in [-0.25, -0.2) is 4.79 Å². The van der Waals surface area contributed by atoms with Crippen molar-refractivity contribution in [2.75, 3.05) is 18.0 Å². The highest BCUT2D eigenvalue weighted by Gasteiger charge is 2.35. The van der Waals surface area contributed by atoms with E-state index in [0.29, 0.717) is 13.0 Å². The van der Waals surface area contributed by atoms with Gasteiger partial charge in [0.05, 0.1) is 12.1 Å². The van der Waals surface area contributed by atoms with Crippen molar-refractivity contribution >= 4 is 17.6 Å². The van der Waals surface area contributed by atoms with Crippen LogP contribution in [0.25, 0.3) is 0 Å². The first-order valence-corrected chi connectivity index (χ1v) is 9.20. The Bertz CT molecular complexity index is 778. The van der Waals surface area contributed by atoms with Crippen LogP contribution in [0.2, 0.25) is 0 Å². The summed E-state index contributed by atoms with van der Waals surface area (Å²) >= 11 is 0. The summed E-state index contributed by atoms with van der Waals surface area (Å²) in [5, 5.41) is 3.08. The second kappa shape index (κ2) is 7.20. The lowest BCUT2D eigenvalue weighted by atomic mass is 10.1. The van der Waals surface area contributed by atoms with Gasteiger partial charge >= 0.3 is 6.03 Å². The van der Waals surface area contributed by atoms with E-state index in [9.17, 15) is 9.59 Å². The van der Waals surface area contributed by atoms with Crippen LogP contribution in [0, 0.1) is 0 Å². The first-order valence-electron chi connectivity index (χ1n) is 9.20. The number of anilines is 1. The van der Waals surface area contributed by atoms with Gasteiger partial charge in [0.15, 0.2) is 0 Å². The number of hydrogen-bond acceptors (Lipinski definition) is 2. The highest BCUT2D eigenvalue weighted by molar-refractivity contribution is 5.96. The molecule has 4 rings (SSSR count). The Kier molecular flexibility index (Phi) is 4.61. The largest absolute Gasteiger partial charge is 0.333 e. The fourth-order valence-corrected chi connectivity index (χ4v) is 3.95. The molecule has 2 fully saturated rings. The number of amides is 3. The molecule has 2 aliphatic rings. The van der Waals surface area contributed by atoms with Crippen LogP contribution >= 0.6 is 0 Å². The molecule has 3 amide bonds. The van der Waals surface area contributed by atoms with Crippen LogP contribution in [0.15, 0.2) is 60.7 Å². The van der Waals surface area contributed by atoms with Gasteiger partial charge < -0.3 is 15.1 Å². The number of carbonyl (C=O) groups is 2. The third-order valence-electron chi connectivity index (χ3n) is 5.22. The number of carbonyl (C=O) groups excluding carboxylic acids is 2. The van der Waals surface area contributed by atoms with E-state index in [4.69, 9.17) is 0 Å². The van der Waals surface area contributed by atoms with Crippen molar-refractivity contribution in [1.82, 2.24) is 10.2 Å². The van der Waals surface area contributed by atoms with Gasteiger partial charge in [0.2, 0.25) is 5.91 Å². The number of benzene rings is 2.